The van der Waals surface area contributed by atoms with E-state index in [0.717, 1.165) is 172 Å². The first-order valence-electron chi connectivity index (χ1n) is 33.1. The molecule has 0 aromatic rings. The number of hydrogen-bond acceptors (Lipinski definition) is 4. The molecule has 1 atom stereocenters. The Morgan fingerprint density at radius 2 is 0.518 bits per heavy atom. The third-order valence-corrected chi connectivity index (χ3v) is 14.5. The summed E-state index contributed by atoms with van der Waals surface area (Å²) in [6.07, 6.45) is 114. The van der Waals surface area contributed by atoms with E-state index in [9.17, 15) is 4.21 Å². The first-order chi connectivity index (χ1) is 42.1. The van der Waals surface area contributed by atoms with E-state index < -0.39 is 10.8 Å². The lowest BCUT2D eigenvalue weighted by molar-refractivity contribution is 0.152. The first-order valence-corrected chi connectivity index (χ1v) is 36.9. The van der Waals surface area contributed by atoms with Gasteiger partial charge in [0.1, 0.15) is 0 Å². The molecule has 1 unspecified atom stereocenters. The Kier molecular flexibility index (Phi) is 93.0. The molecule has 0 saturated carbocycles. The Morgan fingerprint density at radius 1 is 0.271 bits per heavy atom. The third kappa shape index (κ3) is 99.0. The van der Waals surface area contributed by atoms with E-state index in [0.29, 0.717) is 0 Å². The highest BCUT2D eigenvalue weighted by Gasteiger charge is 1.91. The zero-order chi connectivity index (χ0) is 62.6. The van der Waals surface area contributed by atoms with E-state index in [-0.39, 0.29) is 0 Å². The Labute approximate surface area is 540 Å². The summed E-state index contributed by atoms with van der Waals surface area (Å²) in [4.78, 5) is 0. The van der Waals surface area contributed by atoms with Crippen molar-refractivity contribution < 1.29 is 8.95 Å². The Bertz CT molecular complexity index is 1890. The normalized spacial score (nSPS) is 13.4. The molecule has 0 aromatic heterocycles. The van der Waals surface area contributed by atoms with Crippen molar-refractivity contribution in [3.63, 3.8) is 0 Å². The average Bonchev–Trinajstić information content (AvgIpc) is 3.51. The summed E-state index contributed by atoms with van der Waals surface area (Å²) in [7, 11) is -0.632. The Hall–Kier alpha value is -4.39. The molecule has 0 fully saturated rings. The summed E-state index contributed by atoms with van der Waals surface area (Å²) in [6, 6.07) is 0. The molecule has 0 aromatic carbocycles. The van der Waals surface area contributed by atoms with Crippen LogP contribution in [0.15, 0.2) is 243 Å². The van der Waals surface area contributed by atoms with Crippen LogP contribution in [0.25, 0.3) is 0 Å². The molecular formula is C80H128O2S3. The smallest absolute Gasteiger partial charge is 0.0500 e. The van der Waals surface area contributed by atoms with E-state index >= 15 is 0 Å². The summed E-state index contributed by atoms with van der Waals surface area (Å²) >= 11 is 3.98. The van der Waals surface area contributed by atoms with Gasteiger partial charge in [-0.3, -0.25) is 4.21 Å². The predicted octanol–water partition coefficient (Wildman–Crippen LogP) is 25.8. The lowest BCUT2D eigenvalue weighted by Crippen LogP contribution is -1.97. The molecule has 0 spiro atoms. The van der Waals surface area contributed by atoms with Gasteiger partial charge in [0.05, 0.1) is 0 Å². The number of hydrogen-bond donors (Lipinski definition) is 0. The van der Waals surface area contributed by atoms with Crippen LogP contribution in [-0.2, 0) is 15.5 Å². The Morgan fingerprint density at radius 3 is 0.788 bits per heavy atom. The first kappa shape index (κ1) is 87.0. The quantitative estimate of drug-likeness (QED) is 0.0448. The van der Waals surface area contributed by atoms with Crippen LogP contribution in [0.3, 0.4) is 0 Å². The maximum Gasteiger partial charge on any atom is 0.0500 e. The molecule has 0 saturated heterocycles. The molecule has 0 rings (SSSR count). The molecule has 0 radical (unpaired) electrons. The summed E-state index contributed by atoms with van der Waals surface area (Å²) < 4.78 is 16.5. The average molecular weight is 1220 g/mol. The van der Waals surface area contributed by atoms with Gasteiger partial charge in [-0.25, -0.2) is 0 Å². The molecule has 0 aliphatic rings. The minimum absolute atomic E-state index is 0.632. The summed E-state index contributed by atoms with van der Waals surface area (Å²) in [5, 5.41) is 0. The summed E-state index contributed by atoms with van der Waals surface area (Å²) in [5.41, 5.74) is 0. The van der Waals surface area contributed by atoms with Crippen LogP contribution < -0.4 is 0 Å². The van der Waals surface area contributed by atoms with Gasteiger partial charge in [-0.05, 0) is 178 Å². The fraction of sp³-hybridized carbons (Fsp3) is 0.500. The van der Waals surface area contributed by atoms with Crippen LogP contribution >= 0.6 is 23.5 Å². The standard InChI is InChI=1S/C20H32OS.C20H32O.2C20H32S/c1-3-5-6-7-8-9-10-11-12-13-14-15-16-17-18-19-20-22(21)4-2;3*1-3-5-6-7-8-9-10-11-12-13-14-15-16-17-18-19-20-21-4-2/h5-6,8-9,11-12,14-15,17-18H,3-4,7,10,13,16,19-20H2,1-2H3;5-6,8-9,11-12,14-15,17-18H,3-4,7,10,13,16,19-20H2,1-2H3;5-6,8-9,11-12,14-15,18-19H,3-4,7,10,13,16-17,20H2,1-2H3;5-6,8-9,11-12,14-15,17-18H,3-4,7,10,13,16,19-20H2,1-2H3/b2*6-5-,9-8-,12-11-,15-14-,18-17-;6-5-,9-8-,12-11-,15-14-,19-18+;6-5-,9-8-,12-11-,15-14-,18-17-. The lowest BCUT2D eigenvalue weighted by atomic mass is 10.2. The van der Waals surface area contributed by atoms with Crippen molar-refractivity contribution in [3.05, 3.63) is 243 Å². The van der Waals surface area contributed by atoms with Crippen molar-refractivity contribution >= 4 is 34.3 Å². The number of rotatable bonds is 52. The summed E-state index contributed by atoms with van der Waals surface area (Å²) in [6.45, 7) is 18.7. The lowest BCUT2D eigenvalue weighted by Gasteiger charge is -1.94. The van der Waals surface area contributed by atoms with E-state index in [1.807, 2.05) is 37.4 Å². The number of allylic oxidation sites excluding steroid dienone is 38. The number of unbranched alkanes of at least 4 members (excludes halogenated alkanes) is 1. The monoisotopic (exact) mass is 1220 g/mol. The van der Waals surface area contributed by atoms with Gasteiger partial charge in [-0.2, -0.15) is 23.5 Å². The highest BCUT2D eigenvalue weighted by atomic mass is 32.2. The van der Waals surface area contributed by atoms with Gasteiger partial charge < -0.3 is 4.74 Å². The predicted molar refractivity (Wildman–Crippen MR) is 402 cm³/mol. The Balaban J connectivity index is -0.000000515. The molecule has 85 heavy (non-hydrogen) atoms. The molecule has 0 aliphatic carbocycles. The van der Waals surface area contributed by atoms with E-state index in [1.54, 1.807) is 0 Å². The molecule has 0 amide bonds. The van der Waals surface area contributed by atoms with Crippen LogP contribution in [0, 0.1) is 0 Å². The van der Waals surface area contributed by atoms with Crippen LogP contribution in [-0.4, -0.2) is 51.9 Å². The van der Waals surface area contributed by atoms with Gasteiger partial charge in [-0.15, -0.1) is 0 Å². The van der Waals surface area contributed by atoms with Crippen molar-refractivity contribution in [3.8, 4) is 0 Å². The second-order valence-electron chi connectivity index (χ2n) is 19.0. The third-order valence-electron chi connectivity index (χ3n) is 11.4. The van der Waals surface area contributed by atoms with Crippen molar-refractivity contribution in [1.82, 2.24) is 0 Å². The second kappa shape index (κ2) is 90.8. The highest BCUT2D eigenvalue weighted by Crippen LogP contribution is 2.05. The molecule has 5 heteroatoms. The van der Waals surface area contributed by atoms with Crippen LogP contribution in [0.2, 0.25) is 0 Å². The zero-order valence-corrected chi connectivity index (χ0v) is 58.2. The topological polar surface area (TPSA) is 26.3 Å². The molecular weight excluding hydrogens is 1090 g/mol. The molecule has 0 bridgehead atoms. The molecule has 478 valence electrons. The maximum atomic E-state index is 11.2. The van der Waals surface area contributed by atoms with Gasteiger partial charge in [0.15, 0.2) is 0 Å². The number of ether oxygens (including phenoxy) is 1. The van der Waals surface area contributed by atoms with Gasteiger partial charge in [-0.1, -0.05) is 292 Å². The van der Waals surface area contributed by atoms with Crippen molar-refractivity contribution in [2.24, 2.45) is 0 Å². The fourth-order valence-electron chi connectivity index (χ4n) is 6.70. The van der Waals surface area contributed by atoms with E-state index in [1.165, 1.54) is 30.1 Å². The highest BCUT2D eigenvalue weighted by molar-refractivity contribution is 7.99. The van der Waals surface area contributed by atoms with Crippen LogP contribution in [0.1, 0.15) is 209 Å². The van der Waals surface area contributed by atoms with Crippen molar-refractivity contribution in [1.29, 1.82) is 0 Å². The van der Waals surface area contributed by atoms with E-state index in [2.05, 4.69) is 285 Å². The maximum absolute atomic E-state index is 11.2. The van der Waals surface area contributed by atoms with Crippen LogP contribution in [0.4, 0.5) is 0 Å². The summed E-state index contributed by atoms with van der Waals surface area (Å²) in [5.74, 6) is 6.41. The minimum atomic E-state index is -0.632. The molecule has 0 N–H and O–H groups in total. The minimum Gasteiger partial charge on any atom is -0.381 e. The largest absolute Gasteiger partial charge is 0.381 e. The van der Waals surface area contributed by atoms with Gasteiger partial charge in [0, 0.05) is 41.3 Å². The fourth-order valence-corrected chi connectivity index (χ4v) is 8.49. The van der Waals surface area contributed by atoms with Crippen molar-refractivity contribution in [2.75, 3.05) is 47.7 Å². The SMILES string of the molecule is CC/C=C\C/C=C\C/C=C\C/C=C\C/C=C\CCOCC.CC/C=C\C/C=C\C/C=C\C/C=C\C/C=C\CCS(=O)CC.CC/C=C\C/C=C\C/C=C\C/C=C\C/C=C\CCSCC.CC/C=C\C/C=C\C/C=C\C/C=C\CC/C=C/CSCC. The van der Waals surface area contributed by atoms with Crippen LogP contribution in [0.5, 0.6) is 0 Å². The van der Waals surface area contributed by atoms with Gasteiger partial charge in [0.2, 0.25) is 0 Å². The zero-order valence-electron chi connectivity index (χ0n) is 55.8. The van der Waals surface area contributed by atoms with Gasteiger partial charge in [0.25, 0.3) is 0 Å². The number of thioether (sulfide) groups is 2. The van der Waals surface area contributed by atoms with Gasteiger partial charge >= 0.3 is 0 Å². The molecule has 2 nitrogen and oxygen atoms in total. The van der Waals surface area contributed by atoms with E-state index in [4.69, 9.17) is 4.74 Å². The molecule has 0 heterocycles. The molecule has 0 aliphatic heterocycles. The van der Waals surface area contributed by atoms with Crippen molar-refractivity contribution in [2.45, 2.75) is 209 Å². The second-order valence-corrected chi connectivity index (χ2v) is 23.6.